The van der Waals surface area contributed by atoms with Gasteiger partial charge in [0.25, 0.3) is 0 Å². The summed E-state index contributed by atoms with van der Waals surface area (Å²) in [6.45, 7) is 0.848. The van der Waals surface area contributed by atoms with Crippen LogP contribution in [0.25, 0.3) is 0 Å². The number of nitrogens with two attached hydrogens (primary N) is 1. The molecule has 0 radical (unpaired) electrons. The number of hydrogen-bond donors (Lipinski definition) is 3. The van der Waals surface area contributed by atoms with Gasteiger partial charge in [-0.2, -0.15) is 0 Å². The van der Waals surface area contributed by atoms with Crippen molar-refractivity contribution in [3.8, 4) is 0 Å². The molecule has 0 unspecified atom stereocenters. The summed E-state index contributed by atoms with van der Waals surface area (Å²) in [5, 5.41) is 12.8. The molecule has 118 valence electrons. The molecule has 2 rings (SSSR count). The molecule has 2 aromatic rings. The standard InChI is InChI=1S/C15H19ClN4O2/c1-20-9-18-7-12(20)8-19-14-4-10(2-3-13(14)16)11(6-17)5-15(21)22/h2-4,7,9,11,19H,5-6,8,17H2,1H3,(H,21,22)/t11-/m0/s1. The van der Waals surface area contributed by atoms with Crippen molar-refractivity contribution in [2.24, 2.45) is 12.8 Å². The molecule has 0 saturated carbocycles. The van der Waals surface area contributed by atoms with E-state index in [9.17, 15) is 4.79 Å². The quantitative estimate of drug-likeness (QED) is 0.726. The molecule has 0 spiro atoms. The highest BCUT2D eigenvalue weighted by Gasteiger charge is 2.15. The Morgan fingerprint density at radius 2 is 2.32 bits per heavy atom. The van der Waals surface area contributed by atoms with E-state index in [0.717, 1.165) is 16.9 Å². The summed E-state index contributed by atoms with van der Waals surface area (Å²) >= 11 is 6.20. The van der Waals surface area contributed by atoms with Crippen molar-refractivity contribution >= 4 is 23.3 Å². The Bertz CT molecular complexity index is 657. The Kier molecular flexibility index (Phi) is 5.41. The van der Waals surface area contributed by atoms with E-state index in [0.29, 0.717) is 11.6 Å². The van der Waals surface area contributed by atoms with Crippen molar-refractivity contribution in [2.75, 3.05) is 11.9 Å². The minimum atomic E-state index is -0.866. The van der Waals surface area contributed by atoms with E-state index in [2.05, 4.69) is 10.3 Å². The first kappa shape index (κ1) is 16.3. The Balaban J connectivity index is 2.15. The molecule has 0 saturated heterocycles. The van der Waals surface area contributed by atoms with E-state index in [1.807, 2.05) is 23.7 Å². The molecule has 1 aromatic heterocycles. The minimum absolute atomic E-state index is 0.000692. The maximum absolute atomic E-state index is 10.9. The molecule has 6 nitrogen and oxygen atoms in total. The van der Waals surface area contributed by atoms with Gasteiger partial charge in [0, 0.05) is 19.2 Å². The molecular weight excluding hydrogens is 304 g/mol. The third-order valence-electron chi connectivity index (χ3n) is 3.54. The molecule has 0 fully saturated rings. The van der Waals surface area contributed by atoms with Gasteiger partial charge in [0.1, 0.15) is 0 Å². The van der Waals surface area contributed by atoms with Gasteiger partial charge in [-0.05, 0) is 24.2 Å². The summed E-state index contributed by atoms with van der Waals surface area (Å²) in [5.41, 5.74) is 8.32. The lowest BCUT2D eigenvalue weighted by molar-refractivity contribution is -0.137. The lowest BCUT2D eigenvalue weighted by Crippen LogP contribution is -2.16. The monoisotopic (exact) mass is 322 g/mol. The van der Waals surface area contributed by atoms with Crippen LogP contribution < -0.4 is 11.1 Å². The predicted octanol–water partition coefficient (Wildman–Crippen LogP) is 2.20. The smallest absolute Gasteiger partial charge is 0.304 e. The van der Waals surface area contributed by atoms with Gasteiger partial charge in [-0.25, -0.2) is 4.98 Å². The molecule has 7 heteroatoms. The molecule has 1 atom stereocenters. The number of nitrogens with one attached hydrogen (secondary N) is 1. The molecule has 0 amide bonds. The average Bonchev–Trinajstić information content (AvgIpc) is 2.89. The van der Waals surface area contributed by atoms with Crippen LogP contribution in [0.2, 0.25) is 5.02 Å². The predicted molar refractivity (Wildman–Crippen MR) is 86.0 cm³/mol. The average molecular weight is 323 g/mol. The Morgan fingerprint density at radius 3 is 2.91 bits per heavy atom. The largest absolute Gasteiger partial charge is 0.481 e. The molecule has 0 aliphatic heterocycles. The number of carboxylic acid groups (broad SMARTS) is 1. The number of carboxylic acids is 1. The fourth-order valence-electron chi connectivity index (χ4n) is 2.22. The number of rotatable bonds is 7. The summed E-state index contributed by atoms with van der Waals surface area (Å²) in [6, 6.07) is 5.43. The maximum Gasteiger partial charge on any atom is 0.304 e. The molecule has 0 aliphatic carbocycles. The number of benzene rings is 1. The second kappa shape index (κ2) is 7.29. The molecule has 0 aliphatic rings. The first-order chi connectivity index (χ1) is 10.5. The van der Waals surface area contributed by atoms with Crippen LogP contribution in [-0.4, -0.2) is 27.2 Å². The number of anilines is 1. The second-order valence-electron chi connectivity index (χ2n) is 5.12. The Morgan fingerprint density at radius 1 is 1.55 bits per heavy atom. The zero-order chi connectivity index (χ0) is 16.1. The third-order valence-corrected chi connectivity index (χ3v) is 3.87. The molecular formula is C15H19ClN4O2. The number of aliphatic carboxylic acids is 1. The van der Waals surface area contributed by atoms with Crippen LogP contribution in [0.1, 0.15) is 23.6 Å². The van der Waals surface area contributed by atoms with Gasteiger partial charge in [0.15, 0.2) is 0 Å². The van der Waals surface area contributed by atoms with Crippen molar-refractivity contribution in [2.45, 2.75) is 18.9 Å². The number of carbonyl (C=O) groups is 1. The third kappa shape index (κ3) is 3.99. The second-order valence-corrected chi connectivity index (χ2v) is 5.53. The van der Waals surface area contributed by atoms with E-state index in [1.165, 1.54) is 0 Å². The zero-order valence-corrected chi connectivity index (χ0v) is 13.0. The summed E-state index contributed by atoms with van der Waals surface area (Å²) in [6.07, 6.45) is 3.50. The molecule has 0 bridgehead atoms. The van der Waals surface area contributed by atoms with E-state index in [4.69, 9.17) is 22.4 Å². The van der Waals surface area contributed by atoms with Crippen molar-refractivity contribution < 1.29 is 9.90 Å². The highest BCUT2D eigenvalue weighted by atomic mass is 35.5. The molecule has 1 aromatic carbocycles. The van der Waals surface area contributed by atoms with Crippen LogP contribution in [-0.2, 0) is 18.4 Å². The van der Waals surface area contributed by atoms with Gasteiger partial charge in [-0.1, -0.05) is 17.7 Å². The highest BCUT2D eigenvalue weighted by molar-refractivity contribution is 6.33. The maximum atomic E-state index is 10.9. The summed E-state index contributed by atoms with van der Waals surface area (Å²) in [4.78, 5) is 15.0. The van der Waals surface area contributed by atoms with E-state index >= 15 is 0 Å². The van der Waals surface area contributed by atoms with Gasteiger partial charge in [0.2, 0.25) is 0 Å². The van der Waals surface area contributed by atoms with Crippen LogP contribution in [0.4, 0.5) is 5.69 Å². The van der Waals surface area contributed by atoms with Crippen molar-refractivity contribution in [3.63, 3.8) is 0 Å². The Labute approximate surface area is 133 Å². The van der Waals surface area contributed by atoms with Gasteiger partial charge in [-0.3, -0.25) is 4.79 Å². The molecule has 1 heterocycles. The lowest BCUT2D eigenvalue weighted by atomic mass is 9.95. The highest BCUT2D eigenvalue weighted by Crippen LogP contribution is 2.28. The molecule has 4 N–H and O–H groups in total. The molecule has 22 heavy (non-hydrogen) atoms. The van der Waals surface area contributed by atoms with Crippen molar-refractivity contribution in [1.29, 1.82) is 0 Å². The van der Waals surface area contributed by atoms with Gasteiger partial charge in [-0.15, -0.1) is 0 Å². The summed E-state index contributed by atoms with van der Waals surface area (Å²) in [5.74, 6) is -1.10. The lowest BCUT2D eigenvalue weighted by Gasteiger charge is -2.16. The summed E-state index contributed by atoms with van der Waals surface area (Å²) in [7, 11) is 1.92. The first-order valence-electron chi connectivity index (χ1n) is 6.91. The fourth-order valence-corrected chi connectivity index (χ4v) is 2.41. The normalized spacial score (nSPS) is 12.1. The van der Waals surface area contributed by atoms with Crippen LogP contribution >= 0.6 is 11.6 Å². The van der Waals surface area contributed by atoms with E-state index in [-0.39, 0.29) is 18.9 Å². The number of hydrogen-bond acceptors (Lipinski definition) is 4. The number of aromatic nitrogens is 2. The van der Waals surface area contributed by atoms with Gasteiger partial charge >= 0.3 is 5.97 Å². The van der Waals surface area contributed by atoms with Gasteiger partial charge in [0.05, 0.1) is 35.7 Å². The Hall–Kier alpha value is -2.05. The number of imidazole rings is 1. The van der Waals surface area contributed by atoms with Crippen LogP contribution in [0, 0.1) is 0 Å². The number of nitrogens with zero attached hydrogens (tertiary/aromatic N) is 2. The fraction of sp³-hybridized carbons (Fsp3) is 0.333. The van der Waals surface area contributed by atoms with Crippen LogP contribution in [0.5, 0.6) is 0 Å². The first-order valence-corrected chi connectivity index (χ1v) is 7.29. The van der Waals surface area contributed by atoms with Gasteiger partial charge < -0.3 is 20.7 Å². The van der Waals surface area contributed by atoms with Crippen LogP contribution in [0.3, 0.4) is 0 Å². The minimum Gasteiger partial charge on any atom is -0.481 e. The SMILES string of the molecule is Cn1cncc1CNc1cc([C@H](CN)CC(=O)O)ccc1Cl. The number of aryl methyl sites for hydroxylation is 1. The van der Waals surface area contributed by atoms with E-state index < -0.39 is 5.97 Å². The topological polar surface area (TPSA) is 93.2 Å². The van der Waals surface area contributed by atoms with E-state index in [1.54, 1.807) is 18.6 Å². The summed E-state index contributed by atoms with van der Waals surface area (Å²) < 4.78 is 1.91. The van der Waals surface area contributed by atoms with Crippen molar-refractivity contribution in [1.82, 2.24) is 9.55 Å². The zero-order valence-electron chi connectivity index (χ0n) is 12.3. The number of halogens is 1. The van der Waals surface area contributed by atoms with Crippen LogP contribution in [0.15, 0.2) is 30.7 Å². The van der Waals surface area contributed by atoms with Crippen molar-refractivity contribution in [3.05, 3.63) is 47.0 Å².